The van der Waals surface area contributed by atoms with E-state index in [0.29, 0.717) is 18.7 Å². The third kappa shape index (κ3) is 5.45. The van der Waals surface area contributed by atoms with Crippen molar-refractivity contribution in [2.45, 2.75) is 30.4 Å². The number of alkyl halides is 3. The van der Waals surface area contributed by atoms with Crippen molar-refractivity contribution in [3.63, 3.8) is 0 Å². The van der Waals surface area contributed by atoms with Gasteiger partial charge in [0.2, 0.25) is 0 Å². The summed E-state index contributed by atoms with van der Waals surface area (Å²) in [5, 5.41) is 14.0. The van der Waals surface area contributed by atoms with E-state index in [1.807, 2.05) is 32.2 Å². The van der Waals surface area contributed by atoms with Crippen molar-refractivity contribution in [1.82, 2.24) is 4.90 Å². The summed E-state index contributed by atoms with van der Waals surface area (Å²) in [7, 11) is -3.71. The topological polar surface area (TPSA) is 92.6 Å². The molecule has 0 bridgehead atoms. The highest BCUT2D eigenvalue weighted by molar-refractivity contribution is 7.92. The molecule has 0 heterocycles. The Bertz CT molecular complexity index is 994. The van der Waals surface area contributed by atoms with Crippen LogP contribution in [0, 0.1) is 10.1 Å². The van der Waals surface area contributed by atoms with E-state index in [1.54, 1.807) is 6.07 Å². The number of halogens is 3. The Hall–Kier alpha value is -2.66. The van der Waals surface area contributed by atoms with Crippen molar-refractivity contribution < 1.29 is 26.5 Å². The highest BCUT2D eigenvalue weighted by Crippen LogP contribution is 2.34. The van der Waals surface area contributed by atoms with Crippen LogP contribution in [0.2, 0.25) is 0 Å². The molecular weight excluding hydrogens is 411 g/mol. The van der Waals surface area contributed by atoms with Gasteiger partial charge < -0.3 is 10.2 Å². The SMILES string of the molecule is CCN(C)Cc1cccc(CNc2ccc(S(=O)(=O)C(F)(F)F)cc2[N+](=O)[O-])c1. The summed E-state index contributed by atoms with van der Waals surface area (Å²) in [5.74, 6) is 0. The Morgan fingerprint density at radius 1 is 1.14 bits per heavy atom. The molecule has 0 aliphatic carbocycles. The third-order valence-corrected chi connectivity index (χ3v) is 5.73. The van der Waals surface area contributed by atoms with Gasteiger partial charge in [0.25, 0.3) is 15.5 Å². The number of hydrogen-bond donors (Lipinski definition) is 1. The molecule has 11 heteroatoms. The molecule has 158 valence electrons. The molecule has 0 unspecified atom stereocenters. The largest absolute Gasteiger partial charge is 0.501 e. The summed E-state index contributed by atoms with van der Waals surface area (Å²) < 4.78 is 61.1. The minimum absolute atomic E-state index is 0.0767. The van der Waals surface area contributed by atoms with E-state index in [2.05, 4.69) is 10.2 Å². The monoisotopic (exact) mass is 431 g/mol. The van der Waals surface area contributed by atoms with Gasteiger partial charge in [-0.2, -0.15) is 13.2 Å². The zero-order chi connectivity index (χ0) is 21.8. The number of anilines is 1. The minimum Gasteiger partial charge on any atom is -0.375 e. The van der Waals surface area contributed by atoms with Crippen LogP contribution >= 0.6 is 0 Å². The maximum Gasteiger partial charge on any atom is 0.501 e. The van der Waals surface area contributed by atoms with Crippen LogP contribution in [0.25, 0.3) is 0 Å². The van der Waals surface area contributed by atoms with E-state index < -0.39 is 30.9 Å². The molecule has 0 fully saturated rings. The fraction of sp³-hybridized carbons (Fsp3) is 0.333. The van der Waals surface area contributed by atoms with Crippen molar-refractivity contribution in [2.24, 2.45) is 0 Å². The lowest BCUT2D eigenvalue weighted by Gasteiger charge is -2.15. The van der Waals surface area contributed by atoms with Gasteiger partial charge in [0.15, 0.2) is 0 Å². The zero-order valence-electron chi connectivity index (χ0n) is 15.7. The van der Waals surface area contributed by atoms with Gasteiger partial charge >= 0.3 is 5.51 Å². The molecule has 1 N–H and O–H groups in total. The lowest BCUT2D eigenvalue weighted by atomic mass is 10.1. The maximum atomic E-state index is 12.7. The lowest BCUT2D eigenvalue weighted by Crippen LogP contribution is -2.23. The number of nitro groups is 1. The van der Waals surface area contributed by atoms with Crippen LogP contribution in [0.4, 0.5) is 24.5 Å². The normalized spacial score (nSPS) is 12.2. The van der Waals surface area contributed by atoms with Gasteiger partial charge in [0.1, 0.15) is 5.69 Å². The molecule has 2 rings (SSSR count). The lowest BCUT2D eigenvalue weighted by molar-refractivity contribution is -0.384. The van der Waals surface area contributed by atoms with Crippen LogP contribution < -0.4 is 5.32 Å². The summed E-state index contributed by atoms with van der Waals surface area (Å²) in [6.07, 6.45) is 0. The van der Waals surface area contributed by atoms with Crippen molar-refractivity contribution >= 4 is 21.2 Å². The van der Waals surface area contributed by atoms with Crippen LogP contribution in [0.5, 0.6) is 0 Å². The summed E-state index contributed by atoms with van der Waals surface area (Å²) in [6.45, 7) is 3.78. The predicted molar refractivity (Wildman–Crippen MR) is 102 cm³/mol. The zero-order valence-corrected chi connectivity index (χ0v) is 16.5. The van der Waals surface area contributed by atoms with Crippen LogP contribution in [0.1, 0.15) is 18.1 Å². The van der Waals surface area contributed by atoms with E-state index in [1.165, 1.54) is 0 Å². The molecule has 0 aromatic heterocycles. The molecule has 0 amide bonds. The third-order valence-electron chi connectivity index (χ3n) is 4.25. The molecule has 2 aromatic rings. The van der Waals surface area contributed by atoms with Gasteiger partial charge in [-0.3, -0.25) is 10.1 Å². The first-order valence-corrected chi connectivity index (χ1v) is 10.0. The number of sulfone groups is 1. The second-order valence-electron chi connectivity index (χ2n) is 6.39. The van der Waals surface area contributed by atoms with Gasteiger partial charge in [-0.25, -0.2) is 8.42 Å². The highest BCUT2D eigenvalue weighted by atomic mass is 32.2. The predicted octanol–water partition coefficient (Wildman–Crippen LogP) is 3.95. The smallest absolute Gasteiger partial charge is 0.375 e. The first-order chi connectivity index (χ1) is 13.5. The summed E-state index contributed by atoms with van der Waals surface area (Å²) >= 11 is 0. The van der Waals surface area contributed by atoms with Gasteiger partial charge in [0, 0.05) is 19.2 Å². The number of nitrogens with zero attached hydrogens (tertiary/aromatic N) is 2. The fourth-order valence-corrected chi connectivity index (χ4v) is 3.35. The van der Waals surface area contributed by atoms with Gasteiger partial charge in [-0.1, -0.05) is 31.2 Å². The fourth-order valence-electron chi connectivity index (χ4n) is 2.57. The molecule has 2 aromatic carbocycles. The van der Waals surface area contributed by atoms with Crippen LogP contribution in [-0.4, -0.2) is 37.3 Å². The molecule has 0 atom stereocenters. The standard InChI is InChI=1S/C18H20F3N3O4S/c1-3-23(2)12-14-6-4-5-13(9-14)11-22-16-8-7-15(10-17(16)24(25)26)29(27,28)18(19,20)21/h4-10,22H,3,11-12H2,1-2H3. The Morgan fingerprint density at radius 3 is 2.38 bits per heavy atom. The van der Waals surface area contributed by atoms with Crippen LogP contribution in [0.3, 0.4) is 0 Å². The quantitative estimate of drug-likeness (QED) is 0.503. The molecule has 0 spiro atoms. The first-order valence-electron chi connectivity index (χ1n) is 8.55. The summed E-state index contributed by atoms with van der Waals surface area (Å²) in [6, 6.07) is 9.57. The van der Waals surface area contributed by atoms with E-state index >= 15 is 0 Å². The molecule has 0 radical (unpaired) electrons. The maximum absolute atomic E-state index is 12.7. The van der Waals surface area contributed by atoms with Gasteiger partial charge in [0.05, 0.1) is 9.82 Å². The number of hydrogen-bond acceptors (Lipinski definition) is 6. The van der Waals surface area contributed by atoms with Crippen molar-refractivity contribution in [3.05, 3.63) is 63.7 Å². The van der Waals surface area contributed by atoms with Crippen molar-refractivity contribution in [2.75, 3.05) is 18.9 Å². The Kier molecular flexibility index (Phi) is 6.85. The van der Waals surface area contributed by atoms with Crippen molar-refractivity contribution in [3.8, 4) is 0 Å². The highest BCUT2D eigenvalue weighted by Gasteiger charge is 2.47. The molecule has 0 aliphatic rings. The Labute approximate surface area is 166 Å². The van der Waals surface area contributed by atoms with E-state index in [-0.39, 0.29) is 12.2 Å². The molecule has 7 nitrogen and oxygen atoms in total. The number of rotatable bonds is 8. The molecule has 0 aliphatic heterocycles. The van der Waals surface area contributed by atoms with Gasteiger partial charge in [-0.05, 0) is 36.9 Å². The molecular formula is C18H20F3N3O4S. The number of nitrogens with one attached hydrogen (secondary N) is 1. The molecule has 0 saturated carbocycles. The van der Waals surface area contributed by atoms with Crippen molar-refractivity contribution in [1.29, 1.82) is 0 Å². The van der Waals surface area contributed by atoms with Crippen LogP contribution in [0.15, 0.2) is 47.4 Å². The minimum atomic E-state index is -5.67. The molecule has 29 heavy (non-hydrogen) atoms. The van der Waals surface area contributed by atoms with E-state index in [0.717, 1.165) is 23.7 Å². The number of nitro benzene ring substituents is 1. The van der Waals surface area contributed by atoms with Crippen LogP contribution in [-0.2, 0) is 22.9 Å². The molecule has 0 saturated heterocycles. The average Bonchev–Trinajstić information content (AvgIpc) is 2.65. The second kappa shape index (κ2) is 8.78. The first kappa shape index (κ1) is 22.6. The Balaban J connectivity index is 2.26. The second-order valence-corrected chi connectivity index (χ2v) is 8.33. The van der Waals surface area contributed by atoms with E-state index in [4.69, 9.17) is 0 Å². The van der Waals surface area contributed by atoms with E-state index in [9.17, 15) is 31.7 Å². The average molecular weight is 431 g/mol. The summed E-state index contributed by atoms with van der Waals surface area (Å²) in [5.41, 5.74) is -4.52. The Morgan fingerprint density at radius 2 is 1.79 bits per heavy atom. The summed E-state index contributed by atoms with van der Waals surface area (Å²) in [4.78, 5) is 11.2. The number of benzene rings is 2. The van der Waals surface area contributed by atoms with Gasteiger partial charge in [-0.15, -0.1) is 0 Å².